The van der Waals surface area contributed by atoms with E-state index in [1.807, 2.05) is 34.9 Å². The largest absolute Gasteiger partial charge is 0.326 e. The Hall–Kier alpha value is -2.90. The standard InChI is InChI=1S/C20H19FN6/c21-16-3-1-2-14-5-6-17(23-19(14)16)20-25-24-18-7-4-13(11-27(18)20)10-26-9-8-15(22)12-26/h1-7,11,15H,8-10,12,22H2. The van der Waals surface area contributed by atoms with Crippen LogP contribution in [0.3, 0.4) is 0 Å². The van der Waals surface area contributed by atoms with Crippen molar-refractivity contribution >= 4 is 16.6 Å². The van der Waals surface area contributed by atoms with E-state index in [0.29, 0.717) is 17.0 Å². The van der Waals surface area contributed by atoms with Gasteiger partial charge in [-0.3, -0.25) is 9.30 Å². The van der Waals surface area contributed by atoms with Gasteiger partial charge in [0.1, 0.15) is 17.0 Å². The molecule has 0 spiro atoms. The molecule has 0 radical (unpaired) electrons. The van der Waals surface area contributed by atoms with Crippen LogP contribution in [0.25, 0.3) is 28.1 Å². The second-order valence-electron chi connectivity index (χ2n) is 7.08. The van der Waals surface area contributed by atoms with Crippen molar-refractivity contribution in [1.82, 2.24) is 24.5 Å². The van der Waals surface area contributed by atoms with Crippen LogP contribution in [0, 0.1) is 5.82 Å². The predicted octanol–water partition coefficient (Wildman–Crippen LogP) is 2.62. The van der Waals surface area contributed by atoms with E-state index in [-0.39, 0.29) is 11.9 Å². The highest BCUT2D eigenvalue weighted by atomic mass is 19.1. The molecule has 1 saturated heterocycles. The van der Waals surface area contributed by atoms with Crippen molar-refractivity contribution in [3.05, 3.63) is 60.0 Å². The van der Waals surface area contributed by atoms with Gasteiger partial charge < -0.3 is 5.73 Å². The molecule has 4 heterocycles. The predicted molar refractivity (Wildman–Crippen MR) is 102 cm³/mol. The van der Waals surface area contributed by atoms with E-state index < -0.39 is 0 Å². The molecule has 1 atom stereocenters. The Morgan fingerprint density at radius 1 is 1.11 bits per heavy atom. The highest BCUT2D eigenvalue weighted by Gasteiger charge is 2.19. The molecule has 0 saturated carbocycles. The van der Waals surface area contributed by atoms with Crippen LogP contribution in [-0.2, 0) is 6.54 Å². The third-order valence-corrected chi connectivity index (χ3v) is 5.08. The number of para-hydroxylation sites is 1. The first-order valence-electron chi connectivity index (χ1n) is 9.04. The summed E-state index contributed by atoms with van der Waals surface area (Å²) in [6.07, 6.45) is 3.06. The van der Waals surface area contributed by atoms with Crippen LogP contribution in [0.5, 0.6) is 0 Å². The fraction of sp³-hybridized carbons (Fsp3) is 0.250. The molecule has 7 heteroatoms. The van der Waals surface area contributed by atoms with Crippen molar-refractivity contribution in [3.63, 3.8) is 0 Å². The van der Waals surface area contributed by atoms with Crippen molar-refractivity contribution in [1.29, 1.82) is 0 Å². The second kappa shape index (κ2) is 6.37. The molecule has 6 nitrogen and oxygen atoms in total. The molecule has 4 aromatic rings. The van der Waals surface area contributed by atoms with Gasteiger partial charge in [-0.2, -0.15) is 0 Å². The van der Waals surface area contributed by atoms with Gasteiger partial charge in [-0.15, -0.1) is 10.2 Å². The minimum Gasteiger partial charge on any atom is -0.326 e. The Morgan fingerprint density at radius 2 is 2.04 bits per heavy atom. The normalized spacial score (nSPS) is 17.9. The van der Waals surface area contributed by atoms with Crippen molar-refractivity contribution in [2.45, 2.75) is 19.0 Å². The lowest BCUT2D eigenvalue weighted by atomic mass is 10.2. The molecular formula is C20H19FN6. The molecule has 2 N–H and O–H groups in total. The molecule has 5 rings (SSSR count). The van der Waals surface area contributed by atoms with Crippen LogP contribution in [0.1, 0.15) is 12.0 Å². The summed E-state index contributed by atoms with van der Waals surface area (Å²) >= 11 is 0. The first-order chi connectivity index (χ1) is 13.2. The number of aromatic nitrogens is 4. The van der Waals surface area contributed by atoms with E-state index in [1.165, 1.54) is 6.07 Å². The fourth-order valence-corrected chi connectivity index (χ4v) is 3.70. The van der Waals surface area contributed by atoms with E-state index >= 15 is 0 Å². The quantitative estimate of drug-likeness (QED) is 0.607. The third kappa shape index (κ3) is 2.94. The van der Waals surface area contributed by atoms with E-state index in [9.17, 15) is 4.39 Å². The number of benzene rings is 1. The maximum atomic E-state index is 14.1. The summed E-state index contributed by atoms with van der Waals surface area (Å²) < 4.78 is 16.0. The Labute approximate surface area is 155 Å². The van der Waals surface area contributed by atoms with Crippen molar-refractivity contribution in [2.24, 2.45) is 5.73 Å². The molecule has 1 fully saturated rings. The average molecular weight is 362 g/mol. The van der Waals surface area contributed by atoms with Crippen molar-refractivity contribution in [3.8, 4) is 11.5 Å². The van der Waals surface area contributed by atoms with Crippen LogP contribution in [0.2, 0.25) is 0 Å². The van der Waals surface area contributed by atoms with Crippen molar-refractivity contribution < 1.29 is 4.39 Å². The minimum atomic E-state index is -0.339. The van der Waals surface area contributed by atoms with Crippen LogP contribution >= 0.6 is 0 Å². The van der Waals surface area contributed by atoms with Gasteiger partial charge in [-0.1, -0.05) is 24.3 Å². The monoisotopic (exact) mass is 362 g/mol. The number of hydrogen-bond acceptors (Lipinski definition) is 5. The van der Waals surface area contributed by atoms with Gasteiger partial charge in [-0.05, 0) is 30.2 Å². The van der Waals surface area contributed by atoms with Gasteiger partial charge in [0.15, 0.2) is 11.5 Å². The number of hydrogen-bond donors (Lipinski definition) is 1. The summed E-state index contributed by atoms with van der Waals surface area (Å²) in [6.45, 7) is 2.76. The van der Waals surface area contributed by atoms with E-state index in [1.54, 1.807) is 6.07 Å². The van der Waals surface area contributed by atoms with Gasteiger partial charge >= 0.3 is 0 Å². The maximum Gasteiger partial charge on any atom is 0.187 e. The number of fused-ring (bicyclic) bond motifs is 2. The second-order valence-corrected chi connectivity index (χ2v) is 7.08. The number of likely N-dealkylation sites (tertiary alicyclic amines) is 1. The number of rotatable bonds is 3. The molecule has 136 valence electrons. The Morgan fingerprint density at radius 3 is 2.89 bits per heavy atom. The summed E-state index contributed by atoms with van der Waals surface area (Å²) in [5, 5.41) is 9.27. The molecule has 1 aliphatic rings. The molecule has 3 aromatic heterocycles. The molecule has 0 bridgehead atoms. The lowest BCUT2D eigenvalue weighted by Crippen LogP contribution is -2.26. The lowest BCUT2D eigenvalue weighted by Gasteiger charge is -2.15. The summed E-state index contributed by atoms with van der Waals surface area (Å²) in [6, 6.07) is 12.9. The molecule has 1 unspecified atom stereocenters. The maximum absolute atomic E-state index is 14.1. The third-order valence-electron chi connectivity index (χ3n) is 5.08. The summed E-state index contributed by atoms with van der Waals surface area (Å²) in [5.41, 5.74) is 8.84. The van der Waals surface area contributed by atoms with Crippen LogP contribution in [0.4, 0.5) is 4.39 Å². The number of nitrogens with two attached hydrogens (primary N) is 1. The zero-order valence-electron chi connectivity index (χ0n) is 14.7. The van der Waals surface area contributed by atoms with Gasteiger partial charge in [0, 0.05) is 37.3 Å². The number of pyridine rings is 2. The van der Waals surface area contributed by atoms with Gasteiger partial charge in [0.25, 0.3) is 0 Å². The average Bonchev–Trinajstić information content (AvgIpc) is 3.28. The van der Waals surface area contributed by atoms with Gasteiger partial charge in [-0.25, -0.2) is 9.37 Å². The number of nitrogens with zero attached hydrogens (tertiary/aromatic N) is 5. The van der Waals surface area contributed by atoms with Crippen LogP contribution in [-0.4, -0.2) is 43.6 Å². The molecule has 0 amide bonds. The van der Waals surface area contributed by atoms with Crippen LogP contribution < -0.4 is 5.73 Å². The number of halogens is 1. The first-order valence-corrected chi connectivity index (χ1v) is 9.04. The molecule has 1 aromatic carbocycles. The van der Waals surface area contributed by atoms with E-state index in [2.05, 4.69) is 26.1 Å². The minimum absolute atomic E-state index is 0.260. The lowest BCUT2D eigenvalue weighted by molar-refractivity contribution is 0.326. The van der Waals surface area contributed by atoms with Crippen LogP contribution in [0.15, 0.2) is 48.7 Å². The smallest absolute Gasteiger partial charge is 0.187 e. The Kier molecular flexibility index (Phi) is 3.84. The van der Waals surface area contributed by atoms with E-state index in [0.717, 1.165) is 42.7 Å². The highest BCUT2D eigenvalue weighted by Crippen LogP contribution is 2.23. The van der Waals surface area contributed by atoms with E-state index in [4.69, 9.17) is 5.73 Å². The summed E-state index contributed by atoms with van der Waals surface area (Å²) in [4.78, 5) is 6.83. The van der Waals surface area contributed by atoms with Gasteiger partial charge in [0.2, 0.25) is 0 Å². The topological polar surface area (TPSA) is 72.3 Å². The molecule has 27 heavy (non-hydrogen) atoms. The van der Waals surface area contributed by atoms with Crippen molar-refractivity contribution in [2.75, 3.05) is 13.1 Å². The molecular weight excluding hydrogens is 343 g/mol. The first kappa shape index (κ1) is 16.3. The summed E-state index contributed by atoms with van der Waals surface area (Å²) in [7, 11) is 0. The highest BCUT2D eigenvalue weighted by molar-refractivity contribution is 5.81. The zero-order valence-corrected chi connectivity index (χ0v) is 14.7. The Bertz CT molecular complexity index is 1140. The molecule has 0 aliphatic carbocycles. The summed E-state index contributed by atoms with van der Waals surface area (Å²) in [5.74, 6) is 0.268. The Balaban J connectivity index is 1.55. The fourth-order valence-electron chi connectivity index (χ4n) is 3.70. The molecule has 1 aliphatic heterocycles. The van der Waals surface area contributed by atoms with Gasteiger partial charge in [0.05, 0.1) is 0 Å². The zero-order chi connectivity index (χ0) is 18.4. The SMILES string of the molecule is NC1CCN(Cc2ccc3nnc(-c4ccc5cccc(F)c5n4)n3c2)C1.